The Balaban J connectivity index is 2.57. The summed E-state index contributed by atoms with van der Waals surface area (Å²) in [5.74, 6) is 0.917. The molecule has 1 aromatic carbocycles. The Morgan fingerprint density at radius 2 is 2.11 bits per heavy atom. The molecule has 4 nitrogen and oxygen atoms in total. The first-order valence-electron chi connectivity index (χ1n) is 5.72. The van der Waals surface area contributed by atoms with Gasteiger partial charge in [0, 0.05) is 17.3 Å². The number of aromatic nitrogens is 2. The molecule has 1 unspecified atom stereocenters. The zero-order chi connectivity index (χ0) is 14.2. The zero-order valence-electron chi connectivity index (χ0n) is 10.6. The van der Waals surface area contributed by atoms with Crippen molar-refractivity contribution in [3.8, 4) is 0 Å². The minimum Gasteiger partial charge on any atom is -0.323 e. The zero-order valence-corrected chi connectivity index (χ0v) is 12.9. The van der Waals surface area contributed by atoms with Gasteiger partial charge in [0.2, 0.25) is 0 Å². The van der Waals surface area contributed by atoms with Crippen molar-refractivity contribution in [3.05, 3.63) is 29.0 Å². The highest BCUT2D eigenvalue weighted by molar-refractivity contribution is 7.90. The Kier molecular flexibility index (Phi) is 4.08. The minimum atomic E-state index is -3.07. The molecule has 0 aliphatic rings. The summed E-state index contributed by atoms with van der Waals surface area (Å²) in [7, 11) is -3.07. The molecular formula is C12H14Cl2N2O2S. The van der Waals surface area contributed by atoms with Gasteiger partial charge in [0.1, 0.15) is 15.7 Å². The molecule has 0 radical (unpaired) electrons. The maximum absolute atomic E-state index is 11.4. The van der Waals surface area contributed by atoms with Gasteiger partial charge in [-0.2, -0.15) is 0 Å². The van der Waals surface area contributed by atoms with Crippen molar-refractivity contribution in [1.29, 1.82) is 0 Å². The highest BCUT2D eigenvalue weighted by Crippen LogP contribution is 2.25. The van der Waals surface area contributed by atoms with E-state index >= 15 is 0 Å². The monoisotopic (exact) mass is 320 g/mol. The van der Waals surface area contributed by atoms with E-state index in [2.05, 4.69) is 4.98 Å². The summed E-state index contributed by atoms with van der Waals surface area (Å²) in [6.45, 7) is 1.84. The number of nitrogens with zero attached hydrogens (tertiary/aromatic N) is 2. The topological polar surface area (TPSA) is 52.0 Å². The van der Waals surface area contributed by atoms with Crippen molar-refractivity contribution in [1.82, 2.24) is 9.55 Å². The molecule has 7 heteroatoms. The smallest absolute Gasteiger partial charge is 0.149 e. The second-order valence-corrected chi connectivity index (χ2v) is 7.49. The lowest BCUT2D eigenvalue weighted by Crippen LogP contribution is -2.18. The second-order valence-electron chi connectivity index (χ2n) is 4.61. The molecule has 0 saturated carbocycles. The van der Waals surface area contributed by atoms with Gasteiger partial charge in [-0.05, 0) is 25.1 Å². The number of imidazole rings is 1. The Morgan fingerprint density at radius 3 is 2.68 bits per heavy atom. The lowest BCUT2D eigenvalue weighted by molar-refractivity contribution is 0.561. The van der Waals surface area contributed by atoms with Gasteiger partial charge in [0.15, 0.2) is 0 Å². The number of rotatable bonds is 4. The number of fused-ring (bicyclic) bond motifs is 1. The molecule has 19 heavy (non-hydrogen) atoms. The van der Waals surface area contributed by atoms with Gasteiger partial charge < -0.3 is 4.57 Å². The molecule has 0 N–H and O–H groups in total. The quantitative estimate of drug-likeness (QED) is 0.813. The van der Waals surface area contributed by atoms with Crippen molar-refractivity contribution >= 4 is 44.1 Å². The van der Waals surface area contributed by atoms with Crippen molar-refractivity contribution in [2.24, 2.45) is 0 Å². The van der Waals surface area contributed by atoms with Crippen LogP contribution >= 0.6 is 23.2 Å². The number of hydrogen-bond acceptors (Lipinski definition) is 3. The molecule has 2 aromatic rings. The van der Waals surface area contributed by atoms with Gasteiger partial charge >= 0.3 is 0 Å². The largest absolute Gasteiger partial charge is 0.323 e. The lowest BCUT2D eigenvalue weighted by atomic mass is 10.3. The Bertz CT molecular complexity index is 710. The highest BCUT2D eigenvalue weighted by atomic mass is 35.5. The van der Waals surface area contributed by atoms with Crippen LogP contribution in [0.2, 0.25) is 5.02 Å². The summed E-state index contributed by atoms with van der Waals surface area (Å²) in [5, 5.41) is 0.592. The number of hydrogen-bond donors (Lipinski definition) is 0. The van der Waals surface area contributed by atoms with E-state index in [4.69, 9.17) is 23.2 Å². The van der Waals surface area contributed by atoms with Crippen LogP contribution in [-0.4, -0.2) is 30.0 Å². The Hall–Kier alpha value is -0.780. The molecule has 104 valence electrons. The first-order chi connectivity index (χ1) is 8.81. The van der Waals surface area contributed by atoms with E-state index in [0.717, 1.165) is 11.0 Å². The normalized spacial score (nSPS) is 13.9. The average molecular weight is 321 g/mol. The Labute approximate surface area is 122 Å². The molecule has 0 amide bonds. The molecule has 0 saturated heterocycles. The maximum Gasteiger partial charge on any atom is 0.149 e. The third kappa shape index (κ3) is 3.22. The van der Waals surface area contributed by atoms with Gasteiger partial charge in [0.05, 0.1) is 22.7 Å². The first-order valence-corrected chi connectivity index (χ1v) is 8.69. The predicted molar refractivity (Wildman–Crippen MR) is 78.7 cm³/mol. The molecule has 0 aliphatic carbocycles. The van der Waals surface area contributed by atoms with Gasteiger partial charge in [-0.25, -0.2) is 13.4 Å². The van der Waals surface area contributed by atoms with Gasteiger partial charge in [0.25, 0.3) is 0 Å². The van der Waals surface area contributed by atoms with Crippen LogP contribution in [-0.2, 0) is 15.7 Å². The van der Waals surface area contributed by atoms with Crippen LogP contribution < -0.4 is 0 Å². The van der Waals surface area contributed by atoms with E-state index in [-0.39, 0.29) is 17.7 Å². The summed E-state index contributed by atoms with van der Waals surface area (Å²) in [4.78, 5) is 4.39. The van der Waals surface area contributed by atoms with Crippen LogP contribution in [0.15, 0.2) is 18.2 Å². The number of sulfone groups is 1. The third-order valence-corrected chi connectivity index (χ3v) is 4.39. The van der Waals surface area contributed by atoms with Crippen molar-refractivity contribution in [2.45, 2.75) is 18.8 Å². The standard InChI is InChI=1S/C12H14Cl2N2O2S/c1-8(7-19(2,17)18)16-11-4-3-9(14)5-10(11)15-12(16)6-13/h3-5,8H,6-7H2,1-2H3. The van der Waals surface area contributed by atoms with Crippen molar-refractivity contribution in [3.63, 3.8) is 0 Å². The fourth-order valence-corrected chi connectivity index (χ4v) is 3.60. The molecule has 0 aliphatic heterocycles. The van der Waals surface area contributed by atoms with Crippen molar-refractivity contribution in [2.75, 3.05) is 12.0 Å². The molecule has 0 spiro atoms. The van der Waals surface area contributed by atoms with Crippen LogP contribution in [0, 0.1) is 0 Å². The number of halogens is 2. The third-order valence-electron chi connectivity index (χ3n) is 2.83. The molecular weight excluding hydrogens is 307 g/mol. The van der Waals surface area contributed by atoms with E-state index in [1.54, 1.807) is 12.1 Å². The maximum atomic E-state index is 11.4. The van der Waals surface area contributed by atoms with E-state index in [9.17, 15) is 8.42 Å². The summed E-state index contributed by atoms with van der Waals surface area (Å²) < 4.78 is 24.7. The molecule has 0 fully saturated rings. The Morgan fingerprint density at radius 1 is 1.42 bits per heavy atom. The van der Waals surface area contributed by atoms with E-state index in [0.29, 0.717) is 10.8 Å². The molecule has 1 atom stereocenters. The van der Waals surface area contributed by atoms with Crippen molar-refractivity contribution < 1.29 is 8.42 Å². The summed E-state index contributed by atoms with van der Waals surface area (Å²) in [6.07, 6.45) is 1.22. The average Bonchev–Trinajstić information content (AvgIpc) is 2.63. The highest BCUT2D eigenvalue weighted by Gasteiger charge is 2.19. The second kappa shape index (κ2) is 5.31. The fraction of sp³-hybridized carbons (Fsp3) is 0.417. The number of alkyl halides is 1. The van der Waals surface area contributed by atoms with Crippen LogP contribution in [0.3, 0.4) is 0 Å². The minimum absolute atomic E-state index is 0.0466. The predicted octanol–water partition coefficient (Wildman–Crippen LogP) is 3.03. The lowest BCUT2D eigenvalue weighted by Gasteiger charge is -2.15. The van der Waals surface area contributed by atoms with Crippen LogP contribution in [0.1, 0.15) is 18.8 Å². The SMILES string of the molecule is CC(CS(C)(=O)=O)n1c(CCl)nc2cc(Cl)ccc21. The van der Waals surface area contributed by atoms with E-state index in [1.807, 2.05) is 17.6 Å². The van der Waals surface area contributed by atoms with E-state index in [1.165, 1.54) is 6.26 Å². The molecule has 1 heterocycles. The van der Waals surface area contributed by atoms with E-state index < -0.39 is 9.84 Å². The van der Waals surface area contributed by atoms with Crippen LogP contribution in [0.25, 0.3) is 11.0 Å². The number of benzene rings is 1. The van der Waals surface area contributed by atoms with Gasteiger partial charge in [-0.1, -0.05) is 11.6 Å². The van der Waals surface area contributed by atoms with Crippen LogP contribution in [0.5, 0.6) is 0 Å². The molecule has 2 rings (SSSR count). The van der Waals surface area contributed by atoms with Crippen LogP contribution in [0.4, 0.5) is 0 Å². The molecule has 0 bridgehead atoms. The molecule has 1 aromatic heterocycles. The summed E-state index contributed by atoms with van der Waals surface area (Å²) in [5.41, 5.74) is 1.57. The van der Waals surface area contributed by atoms with Gasteiger partial charge in [-0.3, -0.25) is 0 Å². The summed E-state index contributed by atoms with van der Waals surface area (Å²) >= 11 is 11.8. The fourth-order valence-electron chi connectivity index (χ4n) is 2.22. The van der Waals surface area contributed by atoms with Gasteiger partial charge in [-0.15, -0.1) is 11.6 Å². The summed E-state index contributed by atoms with van der Waals surface area (Å²) in [6, 6.07) is 5.11. The first kappa shape index (κ1) is 14.6.